The molecule has 1 aromatic rings. The Morgan fingerprint density at radius 3 is 2.65 bits per heavy atom. The van der Waals surface area contributed by atoms with Crippen molar-refractivity contribution in [2.75, 3.05) is 25.1 Å². The summed E-state index contributed by atoms with van der Waals surface area (Å²) in [5.41, 5.74) is 0.912. The highest BCUT2D eigenvalue weighted by Crippen LogP contribution is 2.26. The average Bonchev–Trinajstić information content (AvgIpc) is 2.45. The number of sulfonamides is 1. The Hall–Kier alpha value is -0.560. The first kappa shape index (κ1) is 15.8. The SMILES string of the molecule is CS(=O)(=O)N1CCCC(CSc2ccc(CO)cc2)C1. The summed E-state index contributed by atoms with van der Waals surface area (Å²) in [6.45, 7) is 1.36. The zero-order valence-corrected chi connectivity index (χ0v) is 13.3. The second-order valence-electron chi connectivity index (χ2n) is 5.24. The standard InChI is InChI=1S/C14H21NO3S2/c1-20(17,18)15-8-2-3-13(9-15)11-19-14-6-4-12(10-16)5-7-14/h4-7,13,16H,2-3,8-11H2,1H3. The second-order valence-corrected chi connectivity index (χ2v) is 8.32. The van der Waals surface area contributed by atoms with Crippen LogP contribution in [0.1, 0.15) is 18.4 Å². The summed E-state index contributed by atoms with van der Waals surface area (Å²) in [5.74, 6) is 1.35. The number of piperidine rings is 1. The first-order chi connectivity index (χ1) is 9.49. The second kappa shape index (κ2) is 6.93. The maximum Gasteiger partial charge on any atom is 0.211 e. The van der Waals surface area contributed by atoms with Gasteiger partial charge in [-0.05, 0) is 36.5 Å². The number of aliphatic hydroxyl groups is 1. The maximum atomic E-state index is 11.6. The lowest BCUT2D eigenvalue weighted by atomic mass is 10.0. The van der Waals surface area contributed by atoms with Crippen LogP contribution >= 0.6 is 11.8 Å². The minimum absolute atomic E-state index is 0.0664. The maximum absolute atomic E-state index is 11.6. The van der Waals surface area contributed by atoms with E-state index in [9.17, 15) is 8.42 Å². The molecule has 0 amide bonds. The van der Waals surface area contributed by atoms with Crippen molar-refractivity contribution < 1.29 is 13.5 Å². The highest BCUT2D eigenvalue weighted by molar-refractivity contribution is 7.99. The Labute approximate surface area is 125 Å². The molecule has 0 spiro atoms. The number of hydrogen-bond acceptors (Lipinski definition) is 4. The molecule has 1 N–H and O–H groups in total. The average molecular weight is 315 g/mol. The van der Waals surface area contributed by atoms with Gasteiger partial charge >= 0.3 is 0 Å². The lowest BCUT2D eigenvalue weighted by molar-refractivity contribution is 0.282. The third-order valence-corrected chi connectivity index (χ3v) is 6.06. The van der Waals surface area contributed by atoms with Gasteiger partial charge in [-0.2, -0.15) is 0 Å². The fourth-order valence-electron chi connectivity index (χ4n) is 2.37. The van der Waals surface area contributed by atoms with Crippen molar-refractivity contribution in [2.45, 2.75) is 24.3 Å². The quantitative estimate of drug-likeness (QED) is 0.844. The Bertz CT molecular complexity index is 528. The Morgan fingerprint density at radius 2 is 2.05 bits per heavy atom. The molecule has 6 heteroatoms. The van der Waals surface area contributed by atoms with Crippen LogP contribution in [-0.2, 0) is 16.6 Å². The van der Waals surface area contributed by atoms with Gasteiger partial charge < -0.3 is 5.11 Å². The molecule has 1 fully saturated rings. The molecule has 112 valence electrons. The van der Waals surface area contributed by atoms with E-state index in [4.69, 9.17) is 5.11 Å². The van der Waals surface area contributed by atoms with Crippen LogP contribution in [-0.4, -0.2) is 42.9 Å². The molecule has 20 heavy (non-hydrogen) atoms. The van der Waals surface area contributed by atoms with Crippen molar-refractivity contribution in [2.24, 2.45) is 5.92 Å². The molecule has 1 heterocycles. The zero-order valence-electron chi connectivity index (χ0n) is 11.7. The topological polar surface area (TPSA) is 57.6 Å². The van der Waals surface area contributed by atoms with Crippen LogP contribution in [0.5, 0.6) is 0 Å². The predicted molar refractivity (Wildman–Crippen MR) is 82.2 cm³/mol. The van der Waals surface area contributed by atoms with Crippen LogP contribution in [0.25, 0.3) is 0 Å². The van der Waals surface area contributed by atoms with Gasteiger partial charge in [-0.3, -0.25) is 0 Å². The summed E-state index contributed by atoms with van der Waals surface area (Å²) >= 11 is 1.76. The summed E-state index contributed by atoms with van der Waals surface area (Å²) in [6, 6.07) is 7.86. The van der Waals surface area contributed by atoms with E-state index < -0.39 is 10.0 Å². The first-order valence-electron chi connectivity index (χ1n) is 6.77. The van der Waals surface area contributed by atoms with E-state index in [0.717, 1.165) is 24.2 Å². The van der Waals surface area contributed by atoms with Crippen molar-refractivity contribution in [3.05, 3.63) is 29.8 Å². The fourth-order valence-corrected chi connectivity index (χ4v) is 4.34. The van der Waals surface area contributed by atoms with Crippen molar-refractivity contribution in [3.63, 3.8) is 0 Å². The number of nitrogens with zero attached hydrogens (tertiary/aromatic N) is 1. The molecule has 0 saturated carbocycles. The first-order valence-corrected chi connectivity index (χ1v) is 9.60. The lowest BCUT2D eigenvalue weighted by Gasteiger charge is -2.30. The Balaban J connectivity index is 1.87. The minimum atomic E-state index is -3.05. The number of hydrogen-bond donors (Lipinski definition) is 1. The molecule has 0 bridgehead atoms. The van der Waals surface area contributed by atoms with Crippen molar-refractivity contribution in [1.29, 1.82) is 0 Å². The number of rotatable bonds is 5. The van der Waals surface area contributed by atoms with Crippen LogP contribution in [0.3, 0.4) is 0 Å². The molecule has 0 aromatic heterocycles. The monoisotopic (exact) mass is 315 g/mol. The van der Waals surface area contributed by atoms with Crippen LogP contribution in [0.2, 0.25) is 0 Å². The van der Waals surface area contributed by atoms with Gasteiger partial charge in [-0.15, -0.1) is 11.8 Å². The van der Waals surface area contributed by atoms with Gasteiger partial charge in [0.05, 0.1) is 12.9 Å². The lowest BCUT2D eigenvalue weighted by Crippen LogP contribution is -2.39. The highest BCUT2D eigenvalue weighted by Gasteiger charge is 2.25. The molecule has 1 aliphatic heterocycles. The van der Waals surface area contributed by atoms with E-state index in [-0.39, 0.29) is 6.61 Å². The molecule has 0 radical (unpaired) electrons. The van der Waals surface area contributed by atoms with Gasteiger partial charge in [0.15, 0.2) is 0 Å². The van der Waals surface area contributed by atoms with Gasteiger partial charge in [0.2, 0.25) is 10.0 Å². The minimum Gasteiger partial charge on any atom is -0.392 e. The summed E-state index contributed by atoms with van der Waals surface area (Å²) in [4.78, 5) is 1.17. The molecule has 1 atom stereocenters. The molecule has 4 nitrogen and oxygen atoms in total. The summed E-state index contributed by atoms with van der Waals surface area (Å²) in [5, 5.41) is 9.00. The Morgan fingerprint density at radius 1 is 1.35 bits per heavy atom. The third kappa shape index (κ3) is 4.48. The van der Waals surface area contributed by atoms with Crippen molar-refractivity contribution in [3.8, 4) is 0 Å². The Kier molecular flexibility index (Phi) is 5.49. The van der Waals surface area contributed by atoms with E-state index in [1.165, 1.54) is 11.2 Å². The molecule has 1 aromatic carbocycles. The van der Waals surface area contributed by atoms with E-state index in [2.05, 4.69) is 0 Å². The molecule has 2 rings (SSSR count). The molecule has 1 unspecified atom stereocenters. The van der Waals surface area contributed by atoms with Gasteiger partial charge in [0, 0.05) is 23.7 Å². The number of aliphatic hydroxyl groups excluding tert-OH is 1. The molecule has 1 aliphatic rings. The van der Waals surface area contributed by atoms with Crippen molar-refractivity contribution in [1.82, 2.24) is 4.31 Å². The predicted octanol–water partition coefficient (Wildman–Crippen LogP) is 1.94. The van der Waals surface area contributed by atoms with Crippen molar-refractivity contribution >= 4 is 21.8 Å². The van der Waals surface area contributed by atoms with Gasteiger partial charge in [0.1, 0.15) is 0 Å². The van der Waals surface area contributed by atoms with E-state index in [1.54, 1.807) is 16.1 Å². The molecule has 0 aliphatic carbocycles. The number of thioether (sulfide) groups is 1. The summed E-state index contributed by atoms with van der Waals surface area (Å²) in [6.07, 6.45) is 3.33. The normalized spacial score (nSPS) is 21.0. The van der Waals surface area contributed by atoms with Gasteiger partial charge in [-0.1, -0.05) is 12.1 Å². The highest BCUT2D eigenvalue weighted by atomic mass is 32.2. The molecular weight excluding hydrogens is 294 g/mol. The van der Waals surface area contributed by atoms with Crippen LogP contribution in [0, 0.1) is 5.92 Å². The summed E-state index contributed by atoms with van der Waals surface area (Å²) < 4.78 is 24.7. The van der Waals surface area contributed by atoms with Gasteiger partial charge in [0.25, 0.3) is 0 Å². The molecular formula is C14H21NO3S2. The summed E-state index contributed by atoms with van der Waals surface area (Å²) in [7, 11) is -3.05. The van der Waals surface area contributed by atoms with E-state index in [1.807, 2.05) is 24.3 Å². The van der Waals surface area contributed by atoms with Crippen LogP contribution in [0.15, 0.2) is 29.2 Å². The largest absolute Gasteiger partial charge is 0.392 e. The van der Waals surface area contributed by atoms with E-state index >= 15 is 0 Å². The van der Waals surface area contributed by atoms with Gasteiger partial charge in [-0.25, -0.2) is 12.7 Å². The zero-order chi connectivity index (χ0) is 14.6. The van der Waals surface area contributed by atoms with E-state index in [0.29, 0.717) is 19.0 Å². The fraction of sp³-hybridized carbons (Fsp3) is 0.571. The number of benzene rings is 1. The molecule has 1 saturated heterocycles. The van der Waals surface area contributed by atoms with Crippen LogP contribution < -0.4 is 0 Å². The van der Waals surface area contributed by atoms with Crippen LogP contribution in [0.4, 0.5) is 0 Å². The third-order valence-electron chi connectivity index (χ3n) is 3.54. The smallest absolute Gasteiger partial charge is 0.211 e.